The lowest BCUT2D eigenvalue weighted by molar-refractivity contribution is 0.415. The van der Waals surface area contributed by atoms with Crippen molar-refractivity contribution in [2.24, 2.45) is 0 Å². The molecule has 0 aromatic heterocycles. The van der Waals surface area contributed by atoms with Gasteiger partial charge in [0.05, 0.1) is 7.11 Å². The molecular weight excluding hydrogens is 300 g/mol. The lowest BCUT2D eigenvalue weighted by atomic mass is 10.0. The van der Waals surface area contributed by atoms with Crippen LogP contribution >= 0.6 is 15.9 Å². The minimum Gasteiger partial charge on any atom is -0.497 e. The van der Waals surface area contributed by atoms with Crippen LogP contribution in [0, 0.1) is 0 Å². The van der Waals surface area contributed by atoms with E-state index in [4.69, 9.17) is 4.74 Å². The van der Waals surface area contributed by atoms with E-state index >= 15 is 0 Å². The Hall–Kier alpha value is -1.02. The zero-order valence-electron chi connectivity index (χ0n) is 11.7. The van der Waals surface area contributed by atoms with Gasteiger partial charge < -0.3 is 4.74 Å². The molecule has 0 saturated heterocycles. The van der Waals surface area contributed by atoms with E-state index in [-0.39, 0.29) is 0 Å². The smallest absolute Gasteiger partial charge is 0.119 e. The van der Waals surface area contributed by atoms with Crippen LogP contribution in [-0.2, 0) is 0 Å². The highest BCUT2D eigenvalue weighted by molar-refractivity contribution is 9.09. The summed E-state index contributed by atoms with van der Waals surface area (Å²) < 4.78 is 5.26. The van der Waals surface area contributed by atoms with Crippen LogP contribution in [0.25, 0.3) is 10.8 Å². The van der Waals surface area contributed by atoms with Gasteiger partial charge in [0, 0.05) is 4.83 Å². The molecule has 2 heteroatoms. The Balaban J connectivity index is 2.16. The molecular formula is C17H21BrO. The lowest BCUT2D eigenvalue weighted by Crippen LogP contribution is -1.91. The maximum absolute atomic E-state index is 5.26. The van der Waals surface area contributed by atoms with Crippen LogP contribution in [0.5, 0.6) is 5.75 Å². The zero-order valence-corrected chi connectivity index (χ0v) is 13.2. The van der Waals surface area contributed by atoms with E-state index in [0.29, 0.717) is 4.83 Å². The van der Waals surface area contributed by atoms with Crippen LogP contribution < -0.4 is 4.74 Å². The second kappa shape index (κ2) is 6.95. The second-order valence-corrected chi connectivity index (χ2v) is 6.04. The van der Waals surface area contributed by atoms with Crippen molar-refractivity contribution in [1.29, 1.82) is 0 Å². The first kappa shape index (κ1) is 14.4. The summed E-state index contributed by atoms with van der Waals surface area (Å²) in [5, 5.41) is 2.51. The van der Waals surface area contributed by atoms with Gasteiger partial charge in [0.1, 0.15) is 5.75 Å². The molecule has 0 aliphatic carbocycles. The molecule has 0 aliphatic rings. The topological polar surface area (TPSA) is 9.23 Å². The molecule has 1 atom stereocenters. The van der Waals surface area contributed by atoms with Gasteiger partial charge in [-0.1, -0.05) is 66.4 Å². The van der Waals surface area contributed by atoms with Gasteiger partial charge in [-0.05, 0) is 34.9 Å². The summed E-state index contributed by atoms with van der Waals surface area (Å²) in [5.74, 6) is 0.915. The van der Waals surface area contributed by atoms with Gasteiger partial charge in [-0.2, -0.15) is 0 Å². The minimum absolute atomic E-state index is 0.463. The maximum Gasteiger partial charge on any atom is 0.119 e. The highest BCUT2D eigenvalue weighted by Crippen LogP contribution is 2.31. The summed E-state index contributed by atoms with van der Waals surface area (Å²) in [4.78, 5) is 0.463. The van der Waals surface area contributed by atoms with E-state index in [1.54, 1.807) is 7.11 Å². The van der Waals surface area contributed by atoms with Gasteiger partial charge in [0.25, 0.3) is 0 Å². The van der Waals surface area contributed by atoms with Gasteiger partial charge in [-0.15, -0.1) is 0 Å². The van der Waals surface area contributed by atoms with Gasteiger partial charge in [-0.3, -0.25) is 0 Å². The molecule has 1 unspecified atom stereocenters. The number of fused-ring (bicyclic) bond motifs is 1. The highest BCUT2D eigenvalue weighted by Gasteiger charge is 2.08. The van der Waals surface area contributed by atoms with E-state index in [1.165, 1.54) is 42.0 Å². The molecule has 0 saturated carbocycles. The van der Waals surface area contributed by atoms with Gasteiger partial charge in [-0.25, -0.2) is 0 Å². The molecule has 2 rings (SSSR count). The molecule has 0 aliphatic heterocycles. The summed E-state index contributed by atoms with van der Waals surface area (Å²) in [7, 11) is 1.71. The van der Waals surface area contributed by atoms with Crippen molar-refractivity contribution in [2.45, 2.75) is 37.4 Å². The van der Waals surface area contributed by atoms with Crippen LogP contribution in [-0.4, -0.2) is 7.11 Å². The Bertz CT molecular complexity index is 536. The number of ether oxygens (including phenoxy) is 1. The predicted octanol–water partition coefficient (Wildman–Crippen LogP) is 5.86. The summed E-state index contributed by atoms with van der Waals surface area (Å²) in [6.45, 7) is 2.24. The van der Waals surface area contributed by atoms with Gasteiger partial charge in [0.2, 0.25) is 0 Å². The summed E-state index contributed by atoms with van der Waals surface area (Å²) in [6, 6.07) is 12.9. The molecule has 0 N–H and O–H groups in total. The number of hydrogen-bond acceptors (Lipinski definition) is 1. The Morgan fingerprint density at radius 2 is 1.79 bits per heavy atom. The highest BCUT2D eigenvalue weighted by atomic mass is 79.9. The zero-order chi connectivity index (χ0) is 13.7. The summed E-state index contributed by atoms with van der Waals surface area (Å²) in [5.41, 5.74) is 1.37. The third kappa shape index (κ3) is 3.73. The molecule has 1 nitrogen and oxygen atoms in total. The average Bonchev–Trinajstić information content (AvgIpc) is 2.46. The molecule has 2 aromatic rings. The van der Waals surface area contributed by atoms with Gasteiger partial charge in [0.15, 0.2) is 0 Å². The van der Waals surface area contributed by atoms with Crippen molar-refractivity contribution in [3.63, 3.8) is 0 Å². The molecule has 102 valence electrons. The van der Waals surface area contributed by atoms with Crippen molar-refractivity contribution in [3.05, 3.63) is 42.0 Å². The van der Waals surface area contributed by atoms with Crippen molar-refractivity contribution in [1.82, 2.24) is 0 Å². The maximum atomic E-state index is 5.26. The van der Waals surface area contributed by atoms with Crippen LogP contribution in [0.4, 0.5) is 0 Å². The number of benzene rings is 2. The molecule has 2 aromatic carbocycles. The number of alkyl halides is 1. The van der Waals surface area contributed by atoms with E-state index < -0.39 is 0 Å². The van der Waals surface area contributed by atoms with Gasteiger partial charge >= 0.3 is 0 Å². The SMILES string of the molecule is CCCCCC(Br)c1ccc2cc(OC)ccc2c1. The lowest BCUT2D eigenvalue weighted by Gasteiger charge is -2.11. The molecule has 0 amide bonds. The van der Waals surface area contributed by atoms with Crippen LogP contribution in [0.3, 0.4) is 0 Å². The number of halogens is 1. The van der Waals surface area contributed by atoms with E-state index in [1.807, 2.05) is 6.07 Å². The van der Waals surface area contributed by atoms with E-state index in [9.17, 15) is 0 Å². The molecule has 0 spiro atoms. The molecule has 0 heterocycles. The second-order valence-electron chi connectivity index (χ2n) is 4.94. The molecule has 19 heavy (non-hydrogen) atoms. The number of rotatable bonds is 6. The monoisotopic (exact) mass is 320 g/mol. The average molecular weight is 321 g/mol. The minimum atomic E-state index is 0.463. The number of hydrogen-bond donors (Lipinski definition) is 0. The molecule has 0 radical (unpaired) electrons. The fourth-order valence-electron chi connectivity index (χ4n) is 2.30. The van der Waals surface area contributed by atoms with Crippen LogP contribution in [0.15, 0.2) is 36.4 Å². The molecule has 0 fully saturated rings. The van der Waals surface area contributed by atoms with Crippen molar-refractivity contribution in [3.8, 4) is 5.75 Å². The van der Waals surface area contributed by atoms with Crippen molar-refractivity contribution < 1.29 is 4.74 Å². The Labute approximate surface area is 124 Å². The number of methoxy groups -OCH3 is 1. The number of unbranched alkanes of at least 4 members (excludes halogenated alkanes) is 2. The van der Waals surface area contributed by atoms with Crippen LogP contribution in [0.1, 0.15) is 43.0 Å². The quantitative estimate of drug-likeness (QED) is 0.478. The standard InChI is InChI=1S/C17H21BrO/c1-3-4-5-6-17(18)15-8-7-14-12-16(19-2)10-9-13(14)11-15/h7-12,17H,3-6H2,1-2H3. The first-order chi connectivity index (χ1) is 9.24. The van der Waals surface area contributed by atoms with E-state index in [0.717, 1.165) is 5.75 Å². The largest absolute Gasteiger partial charge is 0.497 e. The van der Waals surface area contributed by atoms with E-state index in [2.05, 4.69) is 53.2 Å². The fraction of sp³-hybridized carbons (Fsp3) is 0.412. The fourth-order valence-corrected chi connectivity index (χ4v) is 2.91. The normalized spacial score (nSPS) is 12.6. The van der Waals surface area contributed by atoms with Crippen molar-refractivity contribution in [2.75, 3.05) is 7.11 Å². The summed E-state index contributed by atoms with van der Waals surface area (Å²) >= 11 is 3.81. The predicted molar refractivity (Wildman–Crippen MR) is 86.3 cm³/mol. The molecule has 0 bridgehead atoms. The third-order valence-electron chi connectivity index (χ3n) is 3.49. The van der Waals surface area contributed by atoms with Crippen molar-refractivity contribution >= 4 is 26.7 Å². The Morgan fingerprint density at radius 3 is 2.53 bits per heavy atom. The van der Waals surface area contributed by atoms with Crippen LogP contribution in [0.2, 0.25) is 0 Å². The third-order valence-corrected chi connectivity index (χ3v) is 4.48. The first-order valence-electron chi connectivity index (χ1n) is 6.96. The summed E-state index contributed by atoms with van der Waals surface area (Å²) in [6.07, 6.45) is 5.08. The Morgan fingerprint density at radius 1 is 1.05 bits per heavy atom. The first-order valence-corrected chi connectivity index (χ1v) is 7.88. The Kier molecular flexibility index (Phi) is 5.26.